The zero-order chi connectivity index (χ0) is 16.5. The highest BCUT2D eigenvalue weighted by atomic mass is 35.5. The Labute approximate surface area is 140 Å². The molecule has 7 heteroatoms. The summed E-state index contributed by atoms with van der Waals surface area (Å²) in [6.07, 6.45) is 4.84. The van der Waals surface area contributed by atoms with Crippen LogP contribution in [0, 0.1) is 5.41 Å². The van der Waals surface area contributed by atoms with E-state index in [4.69, 9.17) is 17.0 Å². The summed E-state index contributed by atoms with van der Waals surface area (Å²) in [7, 11) is 0. The predicted molar refractivity (Wildman–Crippen MR) is 94.2 cm³/mol. The van der Waals surface area contributed by atoms with Gasteiger partial charge in [-0.2, -0.15) is 0 Å². The van der Waals surface area contributed by atoms with Crippen molar-refractivity contribution in [2.45, 2.75) is 19.1 Å². The smallest absolute Gasteiger partial charge is 0.240 e. The Morgan fingerprint density at radius 3 is 2.91 bits per heavy atom. The van der Waals surface area contributed by atoms with E-state index >= 15 is 0 Å². The van der Waals surface area contributed by atoms with Crippen LogP contribution in [0.4, 0.5) is 5.69 Å². The average Bonchev–Trinajstić information content (AvgIpc) is 2.51. The van der Waals surface area contributed by atoms with Crippen LogP contribution in [0.3, 0.4) is 0 Å². The van der Waals surface area contributed by atoms with Gasteiger partial charge >= 0.3 is 0 Å². The van der Waals surface area contributed by atoms with E-state index in [2.05, 4.69) is 16.9 Å². The molecule has 1 aromatic heterocycles. The Morgan fingerprint density at radius 1 is 1.68 bits per heavy atom. The number of thioether (sulfide) groups is 1. The van der Waals surface area contributed by atoms with Crippen molar-refractivity contribution in [3.05, 3.63) is 48.4 Å². The van der Waals surface area contributed by atoms with Crippen LogP contribution in [0.25, 0.3) is 0 Å². The topological polar surface area (TPSA) is 69.1 Å². The molecule has 22 heavy (non-hydrogen) atoms. The maximum atomic E-state index is 12.4. The molecule has 0 aromatic carbocycles. The lowest BCUT2D eigenvalue weighted by Crippen LogP contribution is -2.37. The number of anilines is 1. The molecule has 1 rings (SSSR count). The molecule has 1 aromatic rings. The van der Waals surface area contributed by atoms with Gasteiger partial charge in [0.1, 0.15) is 5.17 Å². The van der Waals surface area contributed by atoms with Crippen LogP contribution in [-0.2, 0) is 4.79 Å². The number of hydrogen-bond acceptors (Lipinski definition) is 5. The average molecular weight is 339 g/mol. The van der Waals surface area contributed by atoms with E-state index in [0.717, 1.165) is 5.69 Å². The molecule has 118 valence electrons. The molecule has 0 aliphatic rings. The third-order valence-corrected chi connectivity index (χ3v) is 3.78. The molecule has 0 saturated heterocycles. The molecule has 0 aliphatic carbocycles. The number of rotatable bonds is 8. The Kier molecular flexibility index (Phi) is 7.70. The van der Waals surface area contributed by atoms with E-state index in [1.165, 1.54) is 16.7 Å². The van der Waals surface area contributed by atoms with Gasteiger partial charge < -0.3 is 10.2 Å². The standard InChI is InChI=1S/C15H19ClN4OS/c1-4-20(15(21)11(3)22-5-2)13(14(16)17)10-19-12-7-6-8-18-9-12/h5-11,17,19H,2,4H2,1,3H3/b13-10+,17-14?. The van der Waals surface area contributed by atoms with E-state index in [1.54, 1.807) is 37.0 Å². The first-order valence-electron chi connectivity index (χ1n) is 6.70. The third kappa shape index (κ3) is 5.20. The number of nitrogens with zero attached hydrogens (tertiary/aromatic N) is 2. The zero-order valence-corrected chi connectivity index (χ0v) is 14.1. The number of allylic oxidation sites excluding steroid dienone is 1. The summed E-state index contributed by atoms with van der Waals surface area (Å²) in [5.41, 5.74) is 1.06. The molecule has 0 saturated carbocycles. The van der Waals surface area contributed by atoms with E-state index in [0.29, 0.717) is 12.2 Å². The van der Waals surface area contributed by atoms with E-state index in [-0.39, 0.29) is 16.3 Å². The minimum absolute atomic E-state index is 0.128. The molecule has 1 amide bonds. The quantitative estimate of drug-likeness (QED) is 0.710. The highest BCUT2D eigenvalue weighted by Crippen LogP contribution is 2.18. The van der Waals surface area contributed by atoms with Crippen LogP contribution in [0.15, 0.2) is 48.4 Å². The Bertz CT molecular complexity index is 562. The van der Waals surface area contributed by atoms with Crippen molar-refractivity contribution in [1.29, 1.82) is 5.41 Å². The van der Waals surface area contributed by atoms with Crippen LogP contribution in [0.2, 0.25) is 0 Å². The fourth-order valence-electron chi connectivity index (χ4n) is 1.73. The highest BCUT2D eigenvalue weighted by Gasteiger charge is 2.23. The molecule has 1 unspecified atom stereocenters. The molecule has 1 heterocycles. The van der Waals surface area contributed by atoms with Crippen molar-refractivity contribution in [3.8, 4) is 0 Å². The van der Waals surface area contributed by atoms with Crippen LogP contribution in [0.5, 0.6) is 0 Å². The SMILES string of the molecule is C=CSC(C)C(=O)N(CC)/C(=C/Nc1cccnc1)C(=N)Cl. The second-order valence-corrected chi connectivity index (χ2v) is 5.95. The Balaban J connectivity index is 2.98. The van der Waals surface area contributed by atoms with Crippen molar-refractivity contribution in [2.75, 3.05) is 11.9 Å². The largest absolute Gasteiger partial charge is 0.358 e. The summed E-state index contributed by atoms with van der Waals surface area (Å²) in [4.78, 5) is 17.9. The van der Waals surface area contributed by atoms with Crippen molar-refractivity contribution in [1.82, 2.24) is 9.88 Å². The van der Waals surface area contributed by atoms with Gasteiger partial charge in [0.05, 0.1) is 22.8 Å². The number of nitrogens with one attached hydrogen (secondary N) is 2. The monoisotopic (exact) mass is 338 g/mol. The lowest BCUT2D eigenvalue weighted by atomic mass is 10.3. The summed E-state index contributed by atoms with van der Waals surface area (Å²) in [5.74, 6) is -0.128. The van der Waals surface area contributed by atoms with Gasteiger partial charge in [0.25, 0.3) is 0 Å². The van der Waals surface area contributed by atoms with Gasteiger partial charge in [-0.05, 0) is 31.4 Å². The fourth-order valence-corrected chi connectivity index (χ4v) is 2.42. The van der Waals surface area contributed by atoms with Crippen molar-refractivity contribution >= 4 is 40.1 Å². The van der Waals surface area contributed by atoms with Gasteiger partial charge in [0, 0.05) is 18.9 Å². The van der Waals surface area contributed by atoms with Gasteiger partial charge in [-0.15, -0.1) is 11.8 Å². The van der Waals surface area contributed by atoms with Crippen LogP contribution in [-0.4, -0.2) is 32.8 Å². The van der Waals surface area contributed by atoms with E-state index < -0.39 is 0 Å². The molecule has 0 aliphatic heterocycles. The minimum Gasteiger partial charge on any atom is -0.358 e. The second kappa shape index (κ2) is 9.27. The normalized spacial score (nSPS) is 12.4. The Morgan fingerprint density at radius 2 is 2.41 bits per heavy atom. The Hall–Kier alpha value is -1.79. The number of hydrogen-bond donors (Lipinski definition) is 2. The number of pyridine rings is 1. The molecule has 2 N–H and O–H groups in total. The van der Waals surface area contributed by atoms with Gasteiger partial charge in [-0.3, -0.25) is 15.2 Å². The molecular weight excluding hydrogens is 320 g/mol. The maximum Gasteiger partial charge on any atom is 0.240 e. The number of carbonyl (C=O) groups excluding carboxylic acids is 1. The van der Waals surface area contributed by atoms with Crippen LogP contribution in [0.1, 0.15) is 13.8 Å². The molecule has 1 atom stereocenters. The summed E-state index contributed by atoms with van der Waals surface area (Å²) >= 11 is 7.18. The molecule has 5 nitrogen and oxygen atoms in total. The first kappa shape index (κ1) is 18.3. The highest BCUT2D eigenvalue weighted by molar-refractivity contribution is 8.03. The first-order chi connectivity index (χ1) is 10.5. The van der Waals surface area contributed by atoms with Crippen molar-refractivity contribution in [2.24, 2.45) is 0 Å². The van der Waals surface area contributed by atoms with E-state index in [9.17, 15) is 4.79 Å². The van der Waals surface area contributed by atoms with Crippen LogP contribution < -0.4 is 5.32 Å². The lowest BCUT2D eigenvalue weighted by Gasteiger charge is -2.25. The van der Waals surface area contributed by atoms with Gasteiger partial charge in [-0.1, -0.05) is 18.2 Å². The zero-order valence-electron chi connectivity index (χ0n) is 12.5. The third-order valence-electron chi connectivity index (χ3n) is 2.78. The van der Waals surface area contributed by atoms with Crippen molar-refractivity contribution in [3.63, 3.8) is 0 Å². The van der Waals surface area contributed by atoms with Crippen LogP contribution >= 0.6 is 23.4 Å². The summed E-state index contributed by atoms with van der Waals surface area (Å²) in [6.45, 7) is 7.65. The molecule has 0 bridgehead atoms. The molecule has 0 spiro atoms. The number of amides is 1. The second-order valence-electron chi connectivity index (χ2n) is 4.26. The number of carbonyl (C=O) groups is 1. The summed E-state index contributed by atoms with van der Waals surface area (Å²) in [6, 6.07) is 3.61. The van der Waals surface area contributed by atoms with Crippen molar-refractivity contribution < 1.29 is 4.79 Å². The van der Waals surface area contributed by atoms with Gasteiger partial charge in [0.15, 0.2) is 0 Å². The first-order valence-corrected chi connectivity index (χ1v) is 8.02. The van der Waals surface area contributed by atoms with E-state index in [1.807, 2.05) is 13.0 Å². The summed E-state index contributed by atoms with van der Waals surface area (Å²) < 4.78 is 0. The number of halogens is 1. The fraction of sp³-hybridized carbons (Fsp3) is 0.267. The summed E-state index contributed by atoms with van der Waals surface area (Å²) in [5, 5.41) is 11.8. The maximum absolute atomic E-state index is 12.4. The molecular formula is C15H19ClN4OS. The molecule has 0 radical (unpaired) electrons. The minimum atomic E-state index is -0.296. The molecule has 0 fully saturated rings. The van der Waals surface area contributed by atoms with Gasteiger partial charge in [0.2, 0.25) is 5.91 Å². The predicted octanol–water partition coefficient (Wildman–Crippen LogP) is 3.66. The van der Waals surface area contributed by atoms with Gasteiger partial charge in [-0.25, -0.2) is 0 Å². The lowest BCUT2D eigenvalue weighted by molar-refractivity contribution is -0.127. The number of aromatic nitrogens is 1.